The molecule has 0 saturated heterocycles. The Kier molecular flexibility index (Phi) is 3.69. The first-order valence-corrected chi connectivity index (χ1v) is 9.06. The number of non-ortho nitro benzene ring substituents is 1. The standard InChI is InChI=1S/C24H16N2O2/c27-26(28)20-10-6-9-19(16-20)25-23-12-5-4-11-21(23)22-14-13-18(15-24(22)25)17-7-2-1-3-8-17/h1-16H. The number of benzene rings is 4. The van der Waals surface area contributed by atoms with Crippen LogP contribution in [0.3, 0.4) is 0 Å². The highest BCUT2D eigenvalue weighted by Gasteiger charge is 2.15. The molecule has 0 saturated carbocycles. The van der Waals surface area contributed by atoms with Gasteiger partial charge in [-0.25, -0.2) is 0 Å². The minimum Gasteiger partial charge on any atom is -0.309 e. The van der Waals surface area contributed by atoms with Crippen LogP contribution in [0.4, 0.5) is 5.69 Å². The molecule has 0 atom stereocenters. The van der Waals surface area contributed by atoms with Gasteiger partial charge >= 0.3 is 0 Å². The summed E-state index contributed by atoms with van der Waals surface area (Å²) in [6, 6.07) is 31.6. The Bertz CT molecular complexity index is 1340. The van der Waals surface area contributed by atoms with E-state index in [0.29, 0.717) is 0 Å². The molecular weight excluding hydrogens is 348 g/mol. The molecule has 28 heavy (non-hydrogen) atoms. The second kappa shape index (κ2) is 6.35. The second-order valence-electron chi connectivity index (χ2n) is 6.73. The minimum absolute atomic E-state index is 0.0858. The van der Waals surface area contributed by atoms with Crippen LogP contribution in [0, 0.1) is 10.1 Å². The van der Waals surface area contributed by atoms with E-state index in [1.807, 2.05) is 36.4 Å². The number of hydrogen-bond donors (Lipinski definition) is 0. The topological polar surface area (TPSA) is 48.1 Å². The zero-order chi connectivity index (χ0) is 19.1. The molecule has 1 aromatic heterocycles. The molecular formula is C24H16N2O2. The molecule has 4 heteroatoms. The number of rotatable bonds is 3. The summed E-state index contributed by atoms with van der Waals surface area (Å²) in [4.78, 5) is 10.9. The van der Waals surface area contributed by atoms with Crippen LogP contribution in [0.5, 0.6) is 0 Å². The minimum atomic E-state index is -0.354. The monoisotopic (exact) mass is 364 g/mol. The Morgan fingerprint density at radius 3 is 2.21 bits per heavy atom. The number of nitro groups is 1. The molecule has 0 radical (unpaired) electrons. The second-order valence-corrected chi connectivity index (χ2v) is 6.73. The van der Waals surface area contributed by atoms with Gasteiger partial charge in [-0.3, -0.25) is 10.1 Å². The van der Waals surface area contributed by atoms with Gasteiger partial charge in [0.15, 0.2) is 0 Å². The fourth-order valence-corrected chi connectivity index (χ4v) is 3.80. The van der Waals surface area contributed by atoms with Crippen molar-refractivity contribution < 1.29 is 4.92 Å². The van der Waals surface area contributed by atoms with E-state index in [-0.39, 0.29) is 10.6 Å². The van der Waals surface area contributed by atoms with Crippen molar-refractivity contribution in [2.75, 3.05) is 0 Å². The summed E-state index contributed by atoms with van der Waals surface area (Å²) in [6.07, 6.45) is 0. The van der Waals surface area contributed by atoms with Crippen molar-refractivity contribution in [2.24, 2.45) is 0 Å². The molecule has 0 amide bonds. The first-order valence-electron chi connectivity index (χ1n) is 9.06. The molecule has 0 aliphatic carbocycles. The van der Waals surface area contributed by atoms with Crippen LogP contribution in [-0.4, -0.2) is 9.49 Å². The van der Waals surface area contributed by atoms with Gasteiger partial charge in [0.25, 0.3) is 5.69 Å². The zero-order valence-electron chi connectivity index (χ0n) is 14.9. The lowest BCUT2D eigenvalue weighted by atomic mass is 10.0. The number of aromatic nitrogens is 1. The van der Waals surface area contributed by atoms with E-state index in [1.165, 1.54) is 6.07 Å². The lowest BCUT2D eigenvalue weighted by Crippen LogP contribution is -1.96. The zero-order valence-corrected chi connectivity index (χ0v) is 14.9. The van der Waals surface area contributed by atoms with E-state index in [0.717, 1.165) is 38.6 Å². The van der Waals surface area contributed by atoms with E-state index < -0.39 is 0 Å². The molecule has 0 N–H and O–H groups in total. The highest BCUT2D eigenvalue weighted by atomic mass is 16.6. The predicted molar refractivity (Wildman–Crippen MR) is 113 cm³/mol. The quantitative estimate of drug-likeness (QED) is 0.276. The maximum Gasteiger partial charge on any atom is 0.271 e. The van der Waals surface area contributed by atoms with Gasteiger partial charge in [-0.05, 0) is 29.3 Å². The maximum absolute atomic E-state index is 11.3. The van der Waals surface area contributed by atoms with E-state index in [1.54, 1.807) is 12.1 Å². The fraction of sp³-hybridized carbons (Fsp3) is 0. The van der Waals surface area contributed by atoms with Crippen molar-refractivity contribution in [1.29, 1.82) is 0 Å². The largest absolute Gasteiger partial charge is 0.309 e. The van der Waals surface area contributed by atoms with Crippen LogP contribution in [0.25, 0.3) is 38.6 Å². The maximum atomic E-state index is 11.3. The van der Waals surface area contributed by atoms with Gasteiger partial charge < -0.3 is 4.57 Å². The van der Waals surface area contributed by atoms with Crippen molar-refractivity contribution in [2.45, 2.75) is 0 Å². The van der Waals surface area contributed by atoms with Crippen LogP contribution in [0.2, 0.25) is 0 Å². The Morgan fingerprint density at radius 2 is 1.39 bits per heavy atom. The fourth-order valence-electron chi connectivity index (χ4n) is 3.80. The van der Waals surface area contributed by atoms with Crippen molar-refractivity contribution in [3.05, 3.63) is 107 Å². The third-order valence-corrected chi connectivity index (χ3v) is 5.08. The van der Waals surface area contributed by atoms with E-state index in [4.69, 9.17) is 0 Å². The lowest BCUT2D eigenvalue weighted by molar-refractivity contribution is -0.384. The molecule has 4 nitrogen and oxygen atoms in total. The van der Waals surface area contributed by atoms with Crippen molar-refractivity contribution in [3.8, 4) is 16.8 Å². The molecule has 5 aromatic rings. The number of nitro benzene ring substituents is 1. The first-order chi connectivity index (χ1) is 13.7. The summed E-state index contributed by atoms with van der Waals surface area (Å²) in [5, 5.41) is 13.5. The van der Waals surface area contributed by atoms with Crippen molar-refractivity contribution in [1.82, 2.24) is 4.57 Å². The van der Waals surface area contributed by atoms with Gasteiger partial charge in [-0.1, -0.05) is 66.7 Å². The van der Waals surface area contributed by atoms with Crippen LogP contribution in [0.1, 0.15) is 0 Å². The van der Waals surface area contributed by atoms with Crippen LogP contribution in [0.15, 0.2) is 97.1 Å². The molecule has 0 spiro atoms. The van der Waals surface area contributed by atoms with Crippen LogP contribution >= 0.6 is 0 Å². The summed E-state index contributed by atoms with van der Waals surface area (Å²) < 4.78 is 2.10. The number of nitrogens with zero attached hydrogens (tertiary/aromatic N) is 2. The summed E-state index contributed by atoms with van der Waals surface area (Å²) >= 11 is 0. The highest BCUT2D eigenvalue weighted by Crippen LogP contribution is 2.35. The molecule has 0 unspecified atom stereocenters. The van der Waals surface area contributed by atoms with E-state index >= 15 is 0 Å². The molecule has 0 aliphatic rings. The Balaban J connectivity index is 1.85. The van der Waals surface area contributed by atoms with E-state index in [2.05, 4.69) is 47.0 Å². The average Bonchev–Trinajstić information content (AvgIpc) is 3.08. The first kappa shape index (κ1) is 16.3. The van der Waals surface area contributed by atoms with Gasteiger partial charge in [-0.2, -0.15) is 0 Å². The number of para-hydroxylation sites is 1. The summed E-state index contributed by atoms with van der Waals surface area (Å²) in [5.74, 6) is 0. The van der Waals surface area contributed by atoms with Gasteiger partial charge in [-0.15, -0.1) is 0 Å². The van der Waals surface area contributed by atoms with Gasteiger partial charge in [0.1, 0.15) is 0 Å². The Hall–Kier alpha value is -3.92. The van der Waals surface area contributed by atoms with Crippen molar-refractivity contribution in [3.63, 3.8) is 0 Å². The van der Waals surface area contributed by atoms with Crippen molar-refractivity contribution >= 4 is 27.5 Å². The summed E-state index contributed by atoms with van der Waals surface area (Å²) in [6.45, 7) is 0. The molecule has 0 bridgehead atoms. The molecule has 134 valence electrons. The molecule has 5 rings (SSSR count). The van der Waals surface area contributed by atoms with Gasteiger partial charge in [0.05, 0.1) is 21.6 Å². The Morgan fingerprint density at radius 1 is 0.643 bits per heavy atom. The van der Waals surface area contributed by atoms with Crippen LogP contribution in [-0.2, 0) is 0 Å². The molecule has 4 aromatic carbocycles. The smallest absolute Gasteiger partial charge is 0.271 e. The summed E-state index contributed by atoms with van der Waals surface area (Å²) in [5.41, 5.74) is 5.18. The van der Waals surface area contributed by atoms with E-state index in [9.17, 15) is 10.1 Å². The normalized spacial score (nSPS) is 11.1. The third-order valence-electron chi connectivity index (χ3n) is 5.08. The SMILES string of the molecule is O=[N+]([O-])c1cccc(-n2c3ccccc3c3ccc(-c4ccccc4)cc32)c1. The van der Waals surface area contributed by atoms with Gasteiger partial charge in [0.2, 0.25) is 0 Å². The number of hydrogen-bond acceptors (Lipinski definition) is 2. The average molecular weight is 364 g/mol. The number of fused-ring (bicyclic) bond motifs is 3. The molecule has 0 fully saturated rings. The molecule has 0 aliphatic heterocycles. The highest BCUT2D eigenvalue weighted by molar-refractivity contribution is 6.10. The van der Waals surface area contributed by atoms with Crippen LogP contribution < -0.4 is 0 Å². The molecule has 1 heterocycles. The predicted octanol–water partition coefficient (Wildman–Crippen LogP) is 6.36. The van der Waals surface area contributed by atoms with Gasteiger partial charge in [0, 0.05) is 22.9 Å². The Labute approximate surface area is 161 Å². The third kappa shape index (κ3) is 2.55. The lowest BCUT2D eigenvalue weighted by Gasteiger charge is -2.09. The summed E-state index contributed by atoms with van der Waals surface area (Å²) in [7, 11) is 0.